The predicted molar refractivity (Wildman–Crippen MR) is 70.4 cm³/mol. The molecule has 0 bridgehead atoms. The van der Waals surface area contributed by atoms with Crippen LogP contribution in [0.2, 0.25) is 0 Å². The number of hydrogen-bond acceptors (Lipinski definition) is 4. The fourth-order valence-electron chi connectivity index (χ4n) is 2.03. The van der Waals surface area contributed by atoms with Gasteiger partial charge in [-0.25, -0.2) is 0 Å². The number of nitrogens with one attached hydrogen (secondary N) is 2. The summed E-state index contributed by atoms with van der Waals surface area (Å²) in [6.45, 7) is 5.06. The van der Waals surface area contributed by atoms with Gasteiger partial charge in [0.2, 0.25) is 0 Å². The number of ether oxygens (including phenoxy) is 1. The summed E-state index contributed by atoms with van der Waals surface area (Å²) in [6, 6.07) is 2.08. The van der Waals surface area contributed by atoms with Crippen molar-refractivity contribution in [2.75, 3.05) is 37.4 Å². The van der Waals surface area contributed by atoms with Gasteiger partial charge >= 0.3 is 0 Å². The van der Waals surface area contributed by atoms with E-state index in [-0.39, 0.29) is 0 Å². The third-order valence-corrected chi connectivity index (χ3v) is 3.45. The Morgan fingerprint density at radius 3 is 2.71 bits per heavy atom. The third-order valence-electron chi connectivity index (χ3n) is 3.45. The van der Waals surface area contributed by atoms with Gasteiger partial charge in [0.1, 0.15) is 0 Å². The van der Waals surface area contributed by atoms with Crippen LogP contribution in [-0.4, -0.2) is 31.8 Å². The van der Waals surface area contributed by atoms with E-state index in [0.29, 0.717) is 5.41 Å². The predicted octanol–water partition coefficient (Wildman–Crippen LogP) is 2.35. The van der Waals surface area contributed by atoms with Crippen molar-refractivity contribution in [3.05, 3.63) is 18.5 Å². The first-order valence-corrected chi connectivity index (χ1v) is 6.16. The first kappa shape index (κ1) is 12.2. The molecule has 0 spiro atoms. The minimum atomic E-state index is 0.341. The lowest BCUT2D eigenvalue weighted by atomic mass is 9.82. The molecule has 2 heterocycles. The molecule has 0 amide bonds. The molecule has 1 saturated heterocycles. The maximum atomic E-state index is 5.40. The van der Waals surface area contributed by atoms with Gasteiger partial charge < -0.3 is 15.4 Å². The molecule has 0 radical (unpaired) electrons. The van der Waals surface area contributed by atoms with Crippen molar-refractivity contribution in [2.45, 2.75) is 19.8 Å². The average molecular weight is 235 g/mol. The molecule has 1 aliphatic heterocycles. The van der Waals surface area contributed by atoms with Gasteiger partial charge in [-0.15, -0.1) is 0 Å². The Kier molecular flexibility index (Phi) is 3.84. The first-order valence-electron chi connectivity index (χ1n) is 6.16. The van der Waals surface area contributed by atoms with Crippen molar-refractivity contribution in [1.82, 2.24) is 4.98 Å². The van der Waals surface area contributed by atoms with E-state index in [1.807, 2.05) is 19.4 Å². The van der Waals surface area contributed by atoms with Gasteiger partial charge in [-0.2, -0.15) is 0 Å². The van der Waals surface area contributed by atoms with Crippen LogP contribution in [0.25, 0.3) is 0 Å². The smallest absolute Gasteiger partial charge is 0.0547 e. The van der Waals surface area contributed by atoms with E-state index in [1.165, 1.54) is 0 Å². The summed E-state index contributed by atoms with van der Waals surface area (Å²) in [5.74, 6) is 0. The molecule has 94 valence electrons. The molecule has 0 aliphatic carbocycles. The first-order chi connectivity index (χ1) is 8.22. The second-order valence-electron chi connectivity index (χ2n) is 4.99. The lowest BCUT2D eigenvalue weighted by Gasteiger charge is -2.33. The van der Waals surface area contributed by atoms with Crippen LogP contribution in [0, 0.1) is 5.41 Å². The van der Waals surface area contributed by atoms with E-state index < -0.39 is 0 Å². The van der Waals surface area contributed by atoms with Crippen molar-refractivity contribution < 1.29 is 4.74 Å². The minimum absolute atomic E-state index is 0.341. The summed E-state index contributed by atoms with van der Waals surface area (Å²) in [7, 11) is 1.90. The fraction of sp³-hybridized carbons (Fsp3) is 0.615. The largest absolute Gasteiger partial charge is 0.387 e. The summed E-state index contributed by atoms with van der Waals surface area (Å²) in [5, 5.41) is 6.56. The van der Waals surface area contributed by atoms with Crippen LogP contribution >= 0.6 is 0 Å². The standard InChI is InChI=1S/C13H21N3O/c1-13(3-5-17-6-4-13)10-16-12-7-11(14-2)8-15-9-12/h7-9,14,16H,3-6,10H2,1-2H3. The van der Waals surface area contributed by atoms with Crippen molar-refractivity contribution in [3.63, 3.8) is 0 Å². The van der Waals surface area contributed by atoms with Crippen LogP contribution in [-0.2, 0) is 4.74 Å². The molecule has 4 nitrogen and oxygen atoms in total. The van der Waals surface area contributed by atoms with Crippen LogP contribution in [0.5, 0.6) is 0 Å². The topological polar surface area (TPSA) is 46.2 Å². The van der Waals surface area contributed by atoms with Crippen molar-refractivity contribution >= 4 is 11.4 Å². The molecule has 17 heavy (non-hydrogen) atoms. The van der Waals surface area contributed by atoms with Crippen LogP contribution in [0.1, 0.15) is 19.8 Å². The molecule has 4 heteroatoms. The summed E-state index contributed by atoms with van der Waals surface area (Å²) in [4.78, 5) is 4.19. The summed E-state index contributed by atoms with van der Waals surface area (Å²) >= 11 is 0. The lowest BCUT2D eigenvalue weighted by Crippen LogP contribution is -2.33. The number of hydrogen-bond donors (Lipinski definition) is 2. The highest BCUT2D eigenvalue weighted by Gasteiger charge is 2.26. The van der Waals surface area contributed by atoms with Crippen LogP contribution < -0.4 is 10.6 Å². The van der Waals surface area contributed by atoms with Crippen molar-refractivity contribution in [2.24, 2.45) is 5.41 Å². The van der Waals surface area contributed by atoms with Gasteiger partial charge in [0.15, 0.2) is 0 Å². The molecule has 0 aromatic carbocycles. The molecule has 0 atom stereocenters. The monoisotopic (exact) mass is 235 g/mol. The van der Waals surface area contributed by atoms with E-state index in [1.54, 1.807) is 0 Å². The Balaban J connectivity index is 1.92. The highest BCUT2D eigenvalue weighted by molar-refractivity contribution is 5.53. The number of anilines is 2. The van der Waals surface area contributed by atoms with Gasteiger partial charge in [0.05, 0.1) is 23.8 Å². The van der Waals surface area contributed by atoms with Gasteiger partial charge in [0.25, 0.3) is 0 Å². The molecule has 1 aromatic rings. The maximum absolute atomic E-state index is 5.40. The van der Waals surface area contributed by atoms with E-state index in [9.17, 15) is 0 Å². The average Bonchev–Trinajstić information content (AvgIpc) is 2.38. The van der Waals surface area contributed by atoms with Crippen molar-refractivity contribution in [3.8, 4) is 0 Å². The van der Waals surface area contributed by atoms with Gasteiger partial charge in [0, 0.05) is 26.8 Å². The molecule has 1 fully saturated rings. The van der Waals surface area contributed by atoms with Gasteiger partial charge in [-0.3, -0.25) is 4.98 Å². The number of aromatic nitrogens is 1. The maximum Gasteiger partial charge on any atom is 0.0547 e. The Morgan fingerprint density at radius 1 is 1.29 bits per heavy atom. The Hall–Kier alpha value is -1.29. The highest BCUT2D eigenvalue weighted by atomic mass is 16.5. The molecule has 0 saturated carbocycles. The summed E-state index contributed by atoms with van der Waals surface area (Å²) < 4.78 is 5.40. The van der Waals surface area contributed by atoms with E-state index in [0.717, 1.165) is 44.0 Å². The lowest BCUT2D eigenvalue weighted by molar-refractivity contribution is 0.0300. The summed E-state index contributed by atoms with van der Waals surface area (Å²) in [6.07, 6.45) is 5.93. The van der Waals surface area contributed by atoms with Gasteiger partial charge in [-0.05, 0) is 24.3 Å². The SMILES string of the molecule is CNc1cncc(NCC2(C)CCOCC2)c1. The number of rotatable bonds is 4. The molecular formula is C13H21N3O. The second kappa shape index (κ2) is 5.36. The molecule has 1 aliphatic rings. The summed E-state index contributed by atoms with van der Waals surface area (Å²) in [5.41, 5.74) is 2.45. The zero-order valence-corrected chi connectivity index (χ0v) is 10.6. The second-order valence-corrected chi connectivity index (χ2v) is 4.99. The van der Waals surface area contributed by atoms with E-state index in [2.05, 4.69) is 28.6 Å². The minimum Gasteiger partial charge on any atom is -0.387 e. The van der Waals surface area contributed by atoms with Crippen LogP contribution in [0.3, 0.4) is 0 Å². The Bertz CT molecular complexity index is 361. The number of nitrogens with zero attached hydrogens (tertiary/aromatic N) is 1. The Labute approximate surface area is 103 Å². The zero-order chi connectivity index (χ0) is 12.1. The molecule has 0 unspecified atom stereocenters. The van der Waals surface area contributed by atoms with Gasteiger partial charge in [-0.1, -0.05) is 6.92 Å². The van der Waals surface area contributed by atoms with E-state index >= 15 is 0 Å². The fourth-order valence-corrected chi connectivity index (χ4v) is 2.03. The van der Waals surface area contributed by atoms with Crippen molar-refractivity contribution in [1.29, 1.82) is 0 Å². The van der Waals surface area contributed by atoms with Crippen LogP contribution in [0.4, 0.5) is 11.4 Å². The van der Waals surface area contributed by atoms with E-state index in [4.69, 9.17) is 4.74 Å². The van der Waals surface area contributed by atoms with Crippen LogP contribution in [0.15, 0.2) is 18.5 Å². The zero-order valence-electron chi connectivity index (χ0n) is 10.6. The normalized spacial score (nSPS) is 18.7. The third kappa shape index (κ3) is 3.33. The Morgan fingerprint density at radius 2 is 2.00 bits per heavy atom. The molecule has 1 aromatic heterocycles. The molecule has 2 rings (SSSR count). The molecular weight excluding hydrogens is 214 g/mol. The quantitative estimate of drug-likeness (QED) is 0.841. The molecule has 2 N–H and O–H groups in total. The highest BCUT2D eigenvalue weighted by Crippen LogP contribution is 2.30. The number of pyridine rings is 1.